The first-order chi connectivity index (χ1) is 8.89. The summed E-state index contributed by atoms with van der Waals surface area (Å²) in [5.74, 6) is -4.74. The zero-order chi connectivity index (χ0) is 14.0. The van der Waals surface area contributed by atoms with E-state index in [1.165, 1.54) is 12.1 Å². The summed E-state index contributed by atoms with van der Waals surface area (Å²) >= 11 is 0. The lowest BCUT2D eigenvalue weighted by Crippen LogP contribution is -2.43. The fourth-order valence-corrected chi connectivity index (χ4v) is 2.32. The average Bonchev–Trinajstić information content (AvgIpc) is 2.75. The topological polar surface area (TPSA) is 55.1 Å². The predicted molar refractivity (Wildman–Crippen MR) is 68.8 cm³/mol. The van der Waals surface area contributed by atoms with Crippen LogP contribution in [0, 0.1) is 6.92 Å². The molecule has 19 heavy (non-hydrogen) atoms. The molecule has 0 saturated heterocycles. The number of benzene rings is 1. The second-order valence-corrected chi connectivity index (χ2v) is 5.18. The van der Waals surface area contributed by atoms with Gasteiger partial charge in [0.25, 0.3) is 5.91 Å². The van der Waals surface area contributed by atoms with E-state index >= 15 is 0 Å². The highest BCUT2D eigenvalue weighted by molar-refractivity contribution is 5.85. The van der Waals surface area contributed by atoms with Crippen molar-refractivity contribution >= 4 is 5.91 Å². The van der Waals surface area contributed by atoms with E-state index in [2.05, 4.69) is 5.32 Å². The molecule has 0 bridgehead atoms. The monoisotopic (exact) mass is 268 g/mol. The Kier molecular flexibility index (Phi) is 3.85. The lowest BCUT2D eigenvalue weighted by molar-refractivity contribution is -0.147. The SMILES string of the molecule is Cc1ccc(C(F)(F)C(=O)NC2CC[C@H](N)C2)cc1. The van der Waals surface area contributed by atoms with Gasteiger partial charge in [-0.15, -0.1) is 0 Å². The lowest BCUT2D eigenvalue weighted by atomic mass is 10.1. The van der Waals surface area contributed by atoms with Gasteiger partial charge in [-0.25, -0.2) is 0 Å². The molecule has 1 fully saturated rings. The van der Waals surface area contributed by atoms with Crippen LogP contribution in [0.15, 0.2) is 24.3 Å². The van der Waals surface area contributed by atoms with Crippen molar-refractivity contribution in [1.29, 1.82) is 0 Å². The summed E-state index contributed by atoms with van der Waals surface area (Å²) in [5, 5.41) is 2.39. The molecule has 2 atom stereocenters. The van der Waals surface area contributed by atoms with Crippen LogP contribution < -0.4 is 11.1 Å². The molecule has 1 aromatic carbocycles. The van der Waals surface area contributed by atoms with Crippen molar-refractivity contribution in [3.05, 3.63) is 35.4 Å². The standard InChI is InChI=1S/C14H18F2N2O/c1-9-2-4-10(5-3-9)14(15,16)13(19)18-12-7-6-11(17)8-12/h2-5,11-12H,6-8,17H2,1H3,(H,18,19)/t11-,12?/m0/s1. The smallest absolute Gasteiger partial charge is 0.348 e. The number of halogens is 2. The number of hydrogen-bond donors (Lipinski definition) is 2. The summed E-state index contributed by atoms with van der Waals surface area (Å²) in [7, 11) is 0. The molecule has 2 rings (SSSR count). The predicted octanol–water partition coefficient (Wildman–Crippen LogP) is 2.08. The van der Waals surface area contributed by atoms with Gasteiger partial charge in [0, 0.05) is 17.6 Å². The van der Waals surface area contributed by atoms with Crippen molar-refractivity contribution in [3.63, 3.8) is 0 Å². The van der Waals surface area contributed by atoms with Gasteiger partial charge in [0.1, 0.15) is 0 Å². The fourth-order valence-electron chi connectivity index (χ4n) is 2.32. The molecule has 1 aliphatic carbocycles. The molecular weight excluding hydrogens is 250 g/mol. The van der Waals surface area contributed by atoms with Gasteiger partial charge in [-0.3, -0.25) is 4.79 Å². The summed E-state index contributed by atoms with van der Waals surface area (Å²) in [4.78, 5) is 11.7. The zero-order valence-electron chi connectivity index (χ0n) is 10.8. The molecule has 0 radical (unpaired) electrons. The maximum absolute atomic E-state index is 14.0. The van der Waals surface area contributed by atoms with Gasteiger partial charge in [-0.2, -0.15) is 8.78 Å². The molecule has 1 aromatic rings. The molecule has 1 unspecified atom stereocenters. The maximum atomic E-state index is 14.0. The van der Waals surface area contributed by atoms with Crippen LogP contribution in [0.3, 0.4) is 0 Å². The second-order valence-electron chi connectivity index (χ2n) is 5.18. The van der Waals surface area contributed by atoms with Gasteiger partial charge in [-0.05, 0) is 26.2 Å². The van der Waals surface area contributed by atoms with Crippen LogP contribution in [0.1, 0.15) is 30.4 Å². The van der Waals surface area contributed by atoms with Gasteiger partial charge in [0.15, 0.2) is 0 Å². The van der Waals surface area contributed by atoms with Gasteiger partial charge in [-0.1, -0.05) is 29.8 Å². The molecule has 0 aromatic heterocycles. The van der Waals surface area contributed by atoms with E-state index < -0.39 is 11.8 Å². The second kappa shape index (κ2) is 5.25. The molecule has 3 nitrogen and oxygen atoms in total. The minimum absolute atomic E-state index is 0.00158. The van der Waals surface area contributed by atoms with Gasteiger partial charge < -0.3 is 11.1 Å². The molecule has 5 heteroatoms. The first-order valence-corrected chi connectivity index (χ1v) is 6.41. The summed E-state index contributed by atoms with van der Waals surface area (Å²) < 4.78 is 28.0. The van der Waals surface area contributed by atoms with Crippen LogP contribution in [0.25, 0.3) is 0 Å². The number of carbonyl (C=O) groups is 1. The summed E-state index contributed by atoms with van der Waals surface area (Å²) in [5.41, 5.74) is 6.30. The molecule has 3 N–H and O–H groups in total. The summed E-state index contributed by atoms with van der Waals surface area (Å²) in [6.07, 6.45) is 1.99. The van der Waals surface area contributed by atoms with Crippen molar-refractivity contribution in [2.24, 2.45) is 5.73 Å². The number of aryl methyl sites for hydroxylation is 1. The highest BCUT2D eigenvalue weighted by Gasteiger charge is 2.42. The van der Waals surface area contributed by atoms with Crippen molar-refractivity contribution in [2.75, 3.05) is 0 Å². The highest BCUT2D eigenvalue weighted by Crippen LogP contribution is 2.29. The molecule has 0 heterocycles. The van der Waals surface area contributed by atoms with Gasteiger partial charge in [0.2, 0.25) is 0 Å². The Hall–Kier alpha value is -1.49. The summed E-state index contributed by atoms with van der Waals surface area (Å²) in [6, 6.07) is 5.48. The average molecular weight is 268 g/mol. The maximum Gasteiger partial charge on any atom is 0.349 e. The Morgan fingerprint density at radius 2 is 1.95 bits per heavy atom. The number of hydrogen-bond acceptors (Lipinski definition) is 2. The largest absolute Gasteiger partial charge is 0.349 e. The third-order valence-electron chi connectivity index (χ3n) is 3.51. The molecule has 104 valence electrons. The number of carbonyl (C=O) groups excluding carboxylic acids is 1. The van der Waals surface area contributed by atoms with E-state index in [0.29, 0.717) is 12.8 Å². The molecule has 0 spiro atoms. The Labute approximate surface area is 111 Å². The van der Waals surface area contributed by atoms with Gasteiger partial charge in [0.05, 0.1) is 0 Å². The Morgan fingerprint density at radius 3 is 2.47 bits per heavy atom. The number of rotatable bonds is 3. The van der Waals surface area contributed by atoms with E-state index in [1.54, 1.807) is 12.1 Å². The molecule has 1 saturated carbocycles. The van der Waals surface area contributed by atoms with Crippen LogP contribution in [0.2, 0.25) is 0 Å². The quantitative estimate of drug-likeness (QED) is 0.882. The van der Waals surface area contributed by atoms with Crippen LogP contribution in [-0.2, 0) is 10.7 Å². The first-order valence-electron chi connectivity index (χ1n) is 6.41. The molecular formula is C14H18F2N2O. The molecule has 1 amide bonds. The molecule has 0 aliphatic heterocycles. The fraction of sp³-hybridized carbons (Fsp3) is 0.500. The van der Waals surface area contributed by atoms with Crippen molar-refractivity contribution in [1.82, 2.24) is 5.32 Å². The number of amides is 1. The Bertz CT molecular complexity index is 459. The van der Waals surface area contributed by atoms with Crippen molar-refractivity contribution in [3.8, 4) is 0 Å². The van der Waals surface area contributed by atoms with Crippen molar-refractivity contribution in [2.45, 2.75) is 44.2 Å². The first kappa shape index (κ1) is 13.9. The minimum Gasteiger partial charge on any atom is -0.348 e. The van der Waals surface area contributed by atoms with E-state index in [9.17, 15) is 13.6 Å². The normalized spacial score (nSPS) is 23.4. The van der Waals surface area contributed by atoms with Crippen LogP contribution in [0.5, 0.6) is 0 Å². The van der Waals surface area contributed by atoms with E-state index in [4.69, 9.17) is 5.73 Å². The third-order valence-corrected chi connectivity index (χ3v) is 3.51. The zero-order valence-corrected chi connectivity index (χ0v) is 10.8. The lowest BCUT2D eigenvalue weighted by Gasteiger charge is -2.19. The third kappa shape index (κ3) is 3.10. The molecule has 1 aliphatic rings. The van der Waals surface area contributed by atoms with E-state index in [-0.39, 0.29) is 17.6 Å². The van der Waals surface area contributed by atoms with Crippen molar-refractivity contribution < 1.29 is 13.6 Å². The number of alkyl halides is 2. The highest BCUT2D eigenvalue weighted by atomic mass is 19.3. The van der Waals surface area contributed by atoms with Crippen LogP contribution >= 0.6 is 0 Å². The minimum atomic E-state index is -3.50. The van der Waals surface area contributed by atoms with Crippen LogP contribution in [0.4, 0.5) is 8.78 Å². The number of nitrogens with one attached hydrogen (secondary N) is 1. The summed E-state index contributed by atoms with van der Waals surface area (Å²) in [6.45, 7) is 1.81. The van der Waals surface area contributed by atoms with E-state index in [1.807, 2.05) is 6.92 Å². The van der Waals surface area contributed by atoms with Gasteiger partial charge >= 0.3 is 5.92 Å². The van der Waals surface area contributed by atoms with E-state index in [0.717, 1.165) is 12.0 Å². The number of nitrogens with two attached hydrogens (primary N) is 1. The Morgan fingerprint density at radius 1 is 1.32 bits per heavy atom. The Balaban J connectivity index is 2.06. The van der Waals surface area contributed by atoms with Crippen LogP contribution in [-0.4, -0.2) is 18.0 Å².